The number of carbonyl (C=O) groups excluding carboxylic acids is 1. The van der Waals surface area contributed by atoms with Crippen LogP contribution in [0.5, 0.6) is 0 Å². The van der Waals surface area contributed by atoms with E-state index in [0.29, 0.717) is 18.7 Å². The van der Waals surface area contributed by atoms with Gasteiger partial charge in [0.05, 0.1) is 25.6 Å². The number of ether oxygens (including phenoxy) is 2. The second kappa shape index (κ2) is 4.87. The Labute approximate surface area is 77.9 Å². The van der Waals surface area contributed by atoms with Crippen molar-refractivity contribution in [2.45, 2.75) is 20.0 Å². The summed E-state index contributed by atoms with van der Waals surface area (Å²) in [6.45, 7) is 5.53. The van der Waals surface area contributed by atoms with Crippen LogP contribution in [0, 0.1) is 0 Å². The number of hydrogen-bond donors (Lipinski definition) is 1. The van der Waals surface area contributed by atoms with Crippen molar-refractivity contribution in [3.8, 4) is 0 Å². The zero-order valence-electron chi connectivity index (χ0n) is 8.00. The molecule has 1 heterocycles. The monoisotopic (exact) mass is 185 g/mol. The summed E-state index contributed by atoms with van der Waals surface area (Å²) < 4.78 is 9.94. The largest absolute Gasteiger partial charge is 0.501 e. The van der Waals surface area contributed by atoms with Crippen LogP contribution in [-0.4, -0.2) is 31.8 Å². The summed E-state index contributed by atoms with van der Waals surface area (Å²) in [5.74, 6) is -0.0936. The minimum Gasteiger partial charge on any atom is -0.501 e. The molecule has 1 rings (SSSR count). The Hall–Kier alpha value is -1.03. The molecule has 1 amide bonds. The van der Waals surface area contributed by atoms with E-state index in [2.05, 4.69) is 5.32 Å². The Morgan fingerprint density at radius 3 is 3.00 bits per heavy atom. The van der Waals surface area contributed by atoms with E-state index in [1.807, 2.05) is 6.92 Å². The van der Waals surface area contributed by atoms with Crippen LogP contribution in [-0.2, 0) is 14.3 Å². The first-order chi connectivity index (χ1) is 6.24. The van der Waals surface area contributed by atoms with Gasteiger partial charge in [0.1, 0.15) is 0 Å². The van der Waals surface area contributed by atoms with Crippen molar-refractivity contribution in [3.05, 3.63) is 11.8 Å². The highest BCUT2D eigenvalue weighted by Gasteiger charge is 2.22. The Kier molecular flexibility index (Phi) is 3.76. The molecule has 0 saturated carbocycles. The average Bonchev–Trinajstić information content (AvgIpc) is 2.93. The molecule has 1 atom stereocenters. The van der Waals surface area contributed by atoms with Gasteiger partial charge < -0.3 is 14.8 Å². The van der Waals surface area contributed by atoms with Gasteiger partial charge in [-0.2, -0.15) is 0 Å². The lowest BCUT2D eigenvalue weighted by atomic mass is 10.3. The minimum atomic E-state index is -0.0936. The molecule has 1 saturated heterocycles. The van der Waals surface area contributed by atoms with Gasteiger partial charge in [-0.15, -0.1) is 0 Å². The summed E-state index contributed by atoms with van der Waals surface area (Å²) in [6.07, 6.45) is 1.70. The first-order valence-corrected chi connectivity index (χ1v) is 4.42. The van der Waals surface area contributed by atoms with Crippen molar-refractivity contribution in [2.24, 2.45) is 0 Å². The average molecular weight is 185 g/mol. The fraction of sp³-hybridized carbons (Fsp3) is 0.667. The summed E-state index contributed by atoms with van der Waals surface area (Å²) in [5.41, 5.74) is 0.586. The third kappa shape index (κ3) is 3.94. The summed E-state index contributed by atoms with van der Waals surface area (Å²) in [4.78, 5) is 11.3. The maximum Gasteiger partial charge on any atom is 0.250 e. The fourth-order valence-electron chi connectivity index (χ4n) is 0.794. The molecular weight excluding hydrogens is 170 g/mol. The molecule has 1 aliphatic heterocycles. The van der Waals surface area contributed by atoms with Gasteiger partial charge in [-0.05, 0) is 13.8 Å². The molecule has 0 spiro atoms. The topological polar surface area (TPSA) is 50.9 Å². The first kappa shape index (κ1) is 10.1. The second-order valence-corrected chi connectivity index (χ2v) is 2.92. The molecule has 13 heavy (non-hydrogen) atoms. The molecule has 4 heteroatoms. The summed E-state index contributed by atoms with van der Waals surface area (Å²) in [6, 6.07) is 0. The molecule has 1 N–H and O–H groups in total. The highest BCUT2D eigenvalue weighted by Crippen LogP contribution is 2.06. The maximum atomic E-state index is 11.3. The molecule has 0 aromatic rings. The lowest BCUT2D eigenvalue weighted by Crippen LogP contribution is -2.28. The zero-order valence-corrected chi connectivity index (χ0v) is 8.00. The van der Waals surface area contributed by atoms with E-state index in [1.54, 1.807) is 6.92 Å². The molecule has 1 fully saturated rings. The molecule has 1 unspecified atom stereocenters. The third-order valence-corrected chi connectivity index (χ3v) is 1.68. The van der Waals surface area contributed by atoms with Gasteiger partial charge in [0.25, 0.3) is 0 Å². The van der Waals surface area contributed by atoms with E-state index in [-0.39, 0.29) is 12.0 Å². The SMILES string of the molecule is CCOC=C(C)C(=O)NCC1CO1. The number of hydrogen-bond acceptors (Lipinski definition) is 3. The van der Waals surface area contributed by atoms with Crippen LogP contribution >= 0.6 is 0 Å². The van der Waals surface area contributed by atoms with Crippen LogP contribution in [0.1, 0.15) is 13.8 Å². The van der Waals surface area contributed by atoms with Crippen molar-refractivity contribution < 1.29 is 14.3 Å². The molecule has 0 aliphatic carbocycles. The zero-order chi connectivity index (χ0) is 9.68. The molecule has 0 aromatic carbocycles. The molecule has 74 valence electrons. The van der Waals surface area contributed by atoms with E-state index in [1.165, 1.54) is 6.26 Å². The highest BCUT2D eigenvalue weighted by molar-refractivity contribution is 5.92. The van der Waals surface area contributed by atoms with E-state index >= 15 is 0 Å². The van der Waals surface area contributed by atoms with Gasteiger partial charge in [-0.25, -0.2) is 0 Å². The third-order valence-electron chi connectivity index (χ3n) is 1.68. The van der Waals surface area contributed by atoms with Crippen molar-refractivity contribution in [1.82, 2.24) is 5.32 Å². The van der Waals surface area contributed by atoms with E-state index in [4.69, 9.17) is 9.47 Å². The number of nitrogens with one attached hydrogen (secondary N) is 1. The Morgan fingerprint density at radius 1 is 1.77 bits per heavy atom. The van der Waals surface area contributed by atoms with Crippen LogP contribution in [0.25, 0.3) is 0 Å². The predicted molar refractivity (Wildman–Crippen MR) is 48.1 cm³/mol. The highest BCUT2D eigenvalue weighted by atomic mass is 16.6. The predicted octanol–water partition coefficient (Wildman–Crippen LogP) is 0.442. The number of epoxide rings is 1. The normalized spacial score (nSPS) is 21.1. The standard InChI is InChI=1S/C9H15NO3/c1-3-12-5-7(2)9(11)10-4-8-6-13-8/h5,8H,3-4,6H2,1-2H3,(H,10,11). The molecule has 4 nitrogen and oxygen atoms in total. The van der Waals surface area contributed by atoms with Crippen molar-refractivity contribution in [2.75, 3.05) is 19.8 Å². The smallest absolute Gasteiger partial charge is 0.250 e. The van der Waals surface area contributed by atoms with Gasteiger partial charge in [-0.3, -0.25) is 4.79 Å². The van der Waals surface area contributed by atoms with Crippen LogP contribution < -0.4 is 5.32 Å². The number of rotatable bonds is 5. The summed E-state index contributed by atoms with van der Waals surface area (Å²) in [7, 11) is 0. The molecular formula is C9H15NO3. The van der Waals surface area contributed by atoms with E-state index in [0.717, 1.165) is 6.61 Å². The first-order valence-electron chi connectivity index (χ1n) is 4.42. The van der Waals surface area contributed by atoms with Gasteiger partial charge in [0.2, 0.25) is 5.91 Å². The van der Waals surface area contributed by atoms with Gasteiger partial charge in [0.15, 0.2) is 0 Å². The fourth-order valence-corrected chi connectivity index (χ4v) is 0.794. The molecule has 0 bridgehead atoms. The van der Waals surface area contributed by atoms with E-state index in [9.17, 15) is 4.79 Å². The molecule has 0 aromatic heterocycles. The van der Waals surface area contributed by atoms with Gasteiger partial charge >= 0.3 is 0 Å². The lowest BCUT2D eigenvalue weighted by molar-refractivity contribution is -0.117. The number of amides is 1. The van der Waals surface area contributed by atoms with Crippen LogP contribution in [0.2, 0.25) is 0 Å². The lowest BCUT2D eigenvalue weighted by Gasteiger charge is -2.02. The summed E-state index contributed by atoms with van der Waals surface area (Å²) >= 11 is 0. The summed E-state index contributed by atoms with van der Waals surface area (Å²) in [5, 5.41) is 2.74. The van der Waals surface area contributed by atoms with Gasteiger partial charge in [-0.1, -0.05) is 0 Å². The maximum absolute atomic E-state index is 11.3. The molecule has 1 aliphatic rings. The van der Waals surface area contributed by atoms with Crippen LogP contribution in [0.3, 0.4) is 0 Å². The molecule has 0 radical (unpaired) electrons. The van der Waals surface area contributed by atoms with E-state index < -0.39 is 0 Å². The number of carbonyl (C=O) groups is 1. The van der Waals surface area contributed by atoms with Crippen molar-refractivity contribution in [1.29, 1.82) is 0 Å². The Morgan fingerprint density at radius 2 is 2.46 bits per heavy atom. The Balaban J connectivity index is 2.19. The van der Waals surface area contributed by atoms with Crippen LogP contribution in [0.4, 0.5) is 0 Å². The Bertz CT molecular complexity index is 209. The van der Waals surface area contributed by atoms with Crippen LogP contribution in [0.15, 0.2) is 11.8 Å². The van der Waals surface area contributed by atoms with Crippen molar-refractivity contribution >= 4 is 5.91 Å². The van der Waals surface area contributed by atoms with Crippen molar-refractivity contribution in [3.63, 3.8) is 0 Å². The van der Waals surface area contributed by atoms with Gasteiger partial charge in [0, 0.05) is 12.1 Å². The second-order valence-electron chi connectivity index (χ2n) is 2.92. The quantitative estimate of drug-likeness (QED) is 0.384. The minimum absolute atomic E-state index is 0.0936.